The molecule has 2 N–H and O–H groups in total. The van der Waals surface area contributed by atoms with Crippen molar-refractivity contribution in [2.24, 2.45) is 0 Å². The van der Waals surface area contributed by atoms with Crippen molar-refractivity contribution in [3.8, 4) is 0 Å². The third-order valence-electron chi connectivity index (χ3n) is 0.451. The summed E-state index contributed by atoms with van der Waals surface area (Å²) >= 11 is 0. The van der Waals surface area contributed by atoms with Crippen LogP contribution in [0.25, 0.3) is 0 Å². The van der Waals surface area contributed by atoms with Crippen molar-refractivity contribution in [3.05, 3.63) is 24.3 Å². The topological polar surface area (TPSA) is 57.5 Å². The van der Waals surface area contributed by atoms with E-state index in [0.29, 0.717) is 0 Å². The molecule has 0 unspecified atom stereocenters. The Bertz CT molecular complexity index is 132. The maximum atomic E-state index is 8.56. The number of hydrogen-bond donors (Lipinski definition) is 2. The number of rotatable bonds is 1. The summed E-state index contributed by atoms with van der Waals surface area (Å²) < 4.78 is 0. The van der Waals surface area contributed by atoms with Gasteiger partial charge in [0.05, 0.1) is 0 Å². The molecule has 0 heterocycles. The minimum absolute atomic E-state index is 1.11. The van der Waals surface area contributed by atoms with Crippen LogP contribution in [0.3, 0.4) is 0 Å². The van der Waals surface area contributed by atoms with Gasteiger partial charge in [0, 0.05) is 0 Å². The molecule has 0 aliphatic carbocycles. The minimum atomic E-state index is -1.83. The summed E-state index contributed by atoms with van der Waals surface area (Å²) in [6.45, 7) is 7.61. The van der Waals surface area contributed by atoms with Crippen LogP contribution in [0.5, 0.6) is 0 Å². The Kier molecular flexibility index (Phi) is 8.94. The molecule has 0 aromatic rings. The largest absolute Gasteiger partial charge is 0.503 e. The standard InChI is InChI=1S/C6H10.CH2O3/c1-4-5-6(2)3;2-1(3)4/h4-5H,2H2,1,3H3;(H2,2,3,4). The van der Waals surface area contributed by atoms with E-state index in [9.17, 15) is 0 Å². The van der Waals surface area contributed by atoms with Gasteiger partial charge in [-0.3, -0.25) is 0 Å². The fraction of sp³-hybridized carbons (Fsp3) is 0.286. The molecule has 0 aliphatic rings. The van der Waals surface area contributed by atoms with Crippen LogP contribution >= 0.6 is 0 Å². The van der Waals surface area contributed by atoms with Crippen LogP contribution in [0.2, 0.25) is 0 Å². The van der Waals surface area contributed by atoms with Gasteiger partial charge in [0.15, 0.2) is 0 Å². The summed E-state index contributed by atoms with van der Waals surface area (Å²) in [5, 5.41) is 13.9. The van der Waals surface area contributed by atoms with Crippen molar-refractivity contribution < 1.29 is 15.0 Å². The Labute approximate surface area is 60.3 Å². The zero-order valence-electron chi connectivity index (χ0n) is 6.16. The molecule has 0 saturated heterocycles. The van der Waals surface area contributed by atoms with Crippen LogP contribution in [-0.2, 0) is 0 Å². The number of hydrogen-bond acceptors (Lipinski definition) is 1. The first-order valence-electron chi connectivity index (χ1n) is 2.70. The van der Waals surface area contributed by atoms with Gasteiger partial charge >= 0.3 is 6.16 Å². The van der Waals surface area contributed by atoms with Crippen LogP contribution in [0.15, 0.2) is 24.3 Å². The average molecular weight is 144 g/mol. The van der Waals surface area contributed by atoms with Gasteiger partial charge in [-0.15, -0.1) is 0 Å². The Balaban J connectivity index is 0. The fourth-order valence-electron chi connectivity index (χ4n) is 0.285. The first-order chi connectivity index (χ1) is 4.50. The van der Waals surface area contributed by atoms with Gasteiger partial charge in [-0.25, -0.2) is 4.79 Å². The van der Waals surface area contributed by atoms with Crippen LogP contribution in [-0.4, -0.2) is 16.4 Å². The van der Waals surface area contributed by atoms with E-state index in [1.165, 1.54) is 0 Å². The summed E-state index contributed by atoms with van der Waals surface area (Å²) in [7, 11) is 0. The van der Waals surface area contributed by atoms with Gasteiger partial charge in [-0.2, -0.15) is 0 Å². The molecule has 0 radical (unpaired) electrons. The van der Waals surface area contributed by atoms with Gasteiger partial charge < -0.3 is 10.2 Å². The van der Waals surface area contributed by atoms with E-state index in [0.717, 1.165) is 5.57 Å². The molecule has 58 valence electrons. The summed E-state index contributed by atoms with van der Waals surface area (Å²) in [6.07, 6.45) is 2.11. The molecule has 3 nitrogen and oxygen atoms in total. The highest BCUT2D eigenvalue weighted by Crippen LogP contribution is 1.85. The lowest BCUT2D eigenvalue weighted by molar-refractivity contribution is 0.137. The SMILES string of the molecule is C=C(C)C=CC.O=C(O)O. The van der Waals surface area contributed by atoms with Crippen molar-refractivity contribution in [3.63, 3.8) is 0 Å². The predicted molar refractivity (Wildman–Crippen MR) is 40.3 cm³/mol. The molecule has 0 amide bonds. The molecule has 10 heavy (non-hydrogen) atoms. The van der Waals surface area contributed by atoms with E-state index in [-0.39, 0.29) is 0 Å². The predicted octanol–water partition coefficient (Wildman–Crippen LogP) is 2.36. The minimum Gasteiger partial charge on any atom is -0.450 e. The molecule has 0 rings (SSSR count). The summed E-state index contributed by atoms with van der Waals surface area (Å²) in [6, 6.07) is 0. The third-order valence-corrected chi connectivity index (χ3v) is 0.451. The fourth-order valence-corrected chi connectivity index (χ4v) is 0.285. The Hall–Kier alpha value is -1.25. The number of carbonyl (C=O) groups is 1. The number of carboxylic acid groups (broad SMARTS) is 2. The summed E-state index contributed by atoms with van der Waals surface area (Å²) in [5.41, 5.74) is 1.11. The van der Waals surface area contributed by atoms with Crippen LogP contribution in [0, 0.1) is 0 Å². The van der Waals surface area contributed by atoms with Crippen molar-refractivity contribution in [1.29, 1.82) is 0 Å². The molecular formula is C7H12O3. The molecule has 0 fully saturated rings. The van der Waals surface area contributed by atoms with E-state index in [1.54, 1.807) is 0 Å². The first kappa shape index (κ1) is 11.5. The maximum Gasteiger partial charge on any atom is 0.503 e. The van der Waals surface area contributed by atoms with E-state index < -0.39 is 6.16 Å². The summed E-state index contributed by atoms with van der Waals surface area (Å²) in [4.78, 5) is 8.56. The molecule has 3 heteroatoms. The smallest absolute Gasteiger partial charge is 0.450 e. The molecular weight excluding hydrogens is 132 g/mol. The average Bonchev–Trinajstić information content (AvgIpc) is 1.62. The van der Waals surface area contributed by atoms with Gasteiger partial charge in [0.25, 0.3) is 0 Å². The Morgan fingerprint density at radius 3 is 1.80 bits per heavy atom. The second-order valence-electron chi connectivity index (χ2n) is 1.63. The van der Waals surface area contributed by atoms with Crippen LogP contribution in [0.1, 0.15) is 13.8 Å². The third kappa shape index (κ3) is 72.9. The van der Waals surface area contributed by atoms with Crippen molar-refractivity contribution in [2.75, 3.05) is 0 Å². The monoisotopic (exact) mass is 144 g/mol. The highest BCUT2D eigenvalue weighted by Gasteiger charge is 1.70. The zero-order chi connectivity index (χ0) is 8.57. The normalized spacial score (nSPS) is 8.20. The lowest BCUT2D eigenvalue weighted by Crippen LogP contribution is -1.81. The van der Waals surface area contributed by atoms with E-state index in [4.69, 9.17) is 15.0 Å². The van der Waals surface area contributed by atoms with E-state index in [1.807, 2.05) is 26.0 Å². The molecule has 0 aromatic heterocycles. The second-order valence-corrected chi connectivity index (χ2v) is 1.63. The lowest BCUT2D eigenvalue weighted by Gasteiger charge is -1.75. The first-order valence-corrected chi connectivity index (χ1v) is 2.70. The highest BCUT2D eigenvalue weighted by atomic mass is 16.6. The lowest BCUT2D eigenvalue weighted by atomic mass is 10.3. The van der Waals surface area contributed by atoms with Crippen molar-refractivity contribution >= 4 is 6.16 Å². The van der Waals surface area contributed by atoms with Gasteiger partial charge in [0.2, 0.25) is 0 Å². The van der Waals surface area contributed by atoms with E-state index in [2.05, 4.69) is 6.58 Å². The molecule has 0 aromatic carbocycles. The Morgan fingerprint density at radius 1 is 1.50 bits per heavy atom. The molecule has 0 bridgehead atoms. The van der Waals surface area contributed by atoms with Gasteiger partial charge in [-0.1, -0.05) is 24.3 Å². The second kappa shape index (κ2) is 7.75. The van der Waals surface area contributed by atoms with Gasteiger partial charge in [0.1, 0.15) is 0 Å². The van der Waals surface area contributed by atoms with Crippen LogP contribution in [0.4, 0.5) is 4.79 Å². The highest BCUT2D eigenvalue weighted by molar-refractivity contribution is 5.53. The molecule has 0 saturated carbocycles. The number of allylic oxidation sites excluding steroid dienone is 3. The summed E-state index contributed by atoms with van der Waals surface area (Å²) in [5.74, 6) is 0. The molecule has 0 aliphatic heterocycles. The van der Waals surface area contributed by atoms with Crippen molar-refractivity contribution in [1.82, 2.24) is 0 Å². The quantitative estimate of drug-likeness (QED) is 0.555. The zero-order valence-corrected chi connectivity index (χ0v) is 6.16. The Morgan fingerprint density at radius 2 is 1.80 bits per heavy atom. The van der Waals surface area contributed by atoms with E-state index >= 15 is 0 Å². The maximum absolute atomic E-state index is 8.56. The van der Waals surface area contributed by atoms with Gasteiger partial charge in [-0.05, 0) is 13.8 Å². The van der Waals surface area contributed by atoms with Crippen LogP contribution < -0.4 is 0 Å². The molecule has 0 spiro atoms. The molecule has 0 atom stereocenters. The van der Waals surface area contributed by atoms with Crippen molar-refractivity contribution in [2.45, 2.75) is 13.8 Å².